The minimum Gasteiger partial charge on any atom is -0.237 e. The highest BCUT2D eigenvalue weighted by Crippen LogP contribution is 2.36. The molecule has 0 saturated carbocycles. The molecule has 0 aliphatic heterocycles. The number of aromatic nitrogens is 2. The molecule has 0 atom stereocenters. The highest BCUT2D eigenvalue weighted by Gasteiger charge is 2.24. The fourth-order valence-corrected chi connectivity index (χ4v) is 3.75. The zero-order valence-electron chi connectivity index (χ0n) is 15.9. The molecule has 0 saturated heterocycles. The van der Waals surface area contributed by atoms with Crippen LogP contribution in [0.25, 0.3) is 27.6 Å². The first-order valence-corrected chi connectivity index (χ1v) is 8.37. The van der Waals surface area contributed by atoms with Crippen molar-refractivity contribution in [3.63, 3.8) is 0 Å². The van der Waals surface area contributed by atoms with Gasteiger partial charge in [-0.05, 0) is 68.1 Å². The Kier molecular flexibility index (Phi) is 2.99. The van der Waals surface area contributed by atoms with Gasteiger partial charge in [0.1, 0.15) is 12.4 Å². The fraction of sp³-hybridized carbons (Fsp3) is 0.227. The Morgan fingerprint density at radius 3 is 2.50 bits per heavy atom. The van der Waals surface area contributed by atoms with Crippen LogP contribution in [0.3, 0.4) is 0 Å². The van der Waals surface area contributed by atoms with Crippen LogP contribution in [0.2, 0.25) is 0 Å². The average Bonchev–Trinajstić information content (AvgIpc) is 2.91. The lowest BCUT2D eigenvalue weighted by atomic mass is 10.00. The summed E-state index contributed by atoms with van der Waals surface area (Å²) < 4.78 is 12.6. The first-order valence-electron chi connectivity index (χ1n) is 8.87. The van der Waals surface area contributed by atoms with E-state index in [4.69, 9.17) is 1.37 Å². The van der Waals surface area contributed by atoms with Crippen molar-refractivity contribution in [2.75, 3.05) is 0 Å². The van der Waals surface area contributed by atoms with E-state index in [0.717, 1.165) is 11.4 Å². The molecule has 0 bridgehead atoms. The van der Waals surface area contributed by atoms with E-state index < -0.39 is 0 Å². The largest absolute Gasteiger partial charge is 0.286 e. The van der Waals surface area contributed by atoms with Crippen molar-refractivity contribution in [2.45, 2.75) is 27.7 Å². The lowest BCUT2D eigenvalue weighted by Gasteiger charge is -2.08. The standard InChI is InChI=1S/C22H23N2/c1-14-10-11-23(5)20(12-14)24-19-9-7-6-8-18(19)21-16(3)13-15(2)17(4)22(21)24/h6-13H,1-5H3/q+1/i11D. The van der Waals surface area contributed by atoms with Crippen LogP contribution in [0.5, 0.6) is 0 Å². The zero-order chi connectivity index (χ0) is 17.9. The van der Waals surface area contributed by atoms with E-state index in [9.17, 15) is 0 Å². The molecule has 0 radical (unpaired) electrons. The van der Waals surface area contributed by atoms with Crippen molar-refractivity contribution >= 4 is 21.8 Å². The van der Waals surface area contributed by atoms with Gasteiger partial charge in [0, 0.05) is 16.8 Å². The normalized spacial score (nSPS) is 12.1. The van der Waals surface area contributed by atoms with Crippen LogP contribution in [0.1, 0.15) is 23.6 Å². The van der Waals surface area contributed by atoms with Crippen LogP contribution in [-0.2, 0) is 7.05 Å². The molecule has 2 aromatic heterocycles. The van der Waals surface area contributed by atoms with Gasteiger partial charge in [0.2, 0.25) is 0 Å². The summed E-state index contributed by atoms with van der Waals surface area (Å²) in [5.41, 5.74) is 7.44. The maximum absolute atomic E-state index is 8.31. The third-order valence-corrected chi connectivity index (χ3v) is 5.06. The first-order chi connectivity index (χ1) is 11.9. The van der Waals surface area contributed by atoms with Gasteiger partial charge in [0.25, 0.3) is 5.82 Å². The molecule has 0 aliphatic rings. The van der Waals surface area contributed by atoms with Crippen molar-refractivity contribution in [1.82, 2.24) is 4.57 Å². The lowest BCUT2D eigenvalue weighted by molar-refractivity contribution is -0.665. The maximum atomic E-state index is 8.31. The lowest BCUT2D eigenvalue weighted by Crippen LogP contribution is -2.33. The van der Waals surface area contributed by atoms with Gasteiger partial charge >= 0.3 is 0 Å². The third kappa shape index (κ3) is 1.99. The number of aryl methyl sites for hydroxylation is 4. The summed E-state index contributed by atoms with van der Waals surface area (Å²) >= 11 is 0. The van der Waals surface area contributed by atoms with Crippen LogP contribution in [0.4, 0.5) is 0 Å². The molecule has 2 aromatic carbocycles. The summed E-state index contributed by atoms with van der Waals surface area (Å²) in [4.78, 5) is 0. The Bertz CT molecular complexity index is 1150. The van der Waals surface area contributed by atoms with E-state index in [1.54, 1.807) is 0 Å². The highest BCUT2D eigenvalue weighted by molar-refractivity contribution is 6.11. The van der Waals surface area contributed by atoms with Gasteiger partial charge in [-0.3, -0.25) is 0 Å². The molecule has 2 heteroatoms. The Hall–Kier alpha value is -2.61. The maximum Gasteiger partial charge on any atom is 0.286 e. The van der Waals surface area contributed by atoms with Gasteiger partial charge in [-0.2, -0.15) is 4.57 Å². The van der Waals surface area contributed by atoms with E-state index in [1.165, 1.54) is 38.5 Å². The van der Waals surface area contributed by atoms with Gasteiger partial charge < -0.3 is 0 Å². The van der Waals surface area contributed by atoms with E-state index >= 15 is 0 Å². The zero-order valence-corrected chi connectivity index (χ0v) is 14.9. The predicted octanol–water partition coefficient (Wildman–Crippen LogP) is 4.84. The van der Waals surface area contributed by atoms with Gasteiger partial charge in [0.05, 0.1) is 13.2 Å². The molecule has 120 valence electrons. The van der Waals surface area contributed by atoms with Crippen LogP contribution in [-0.4, -0.2) is 4.57 Å². The van der Waals surface area contributed by atoms with Crippen LogP contribution in [0.15, 0.2) is 48.6 Å². The molecule has 0 spiro atoms. The van der Waals surface area contributed by atoms with E-state index in [1.807, 2.05) is 17.7 Å². The van der Waals surface area contributed by atoms with Gasteiger partial charge in [-0.1, -0.05) is 18.2 Å². The van der Waals surface area contributed by atoms with Gasteiger partial charge in [0.15, 0.2) is 0 Å². The Morgan fingerprint density at radius 1 is 0.958 bits per heavy atom. The fourth-order valence-electron chi connectivity index (χ4n) is 3.75. The molecular formula is C22H23N2+. The van der Waals surface area contributed by atoms with Crippen molar-refractivity contribution in [1.29, 1.82) is 0 Å². The van der Waals surface area contributed by atoms with Crippen LogP contribution >= 0.6 is 0 Å². The van der Waals surface area contributed by atoms with Crippen molar-refractivity contribution in [3.8, 4) is 5.82 Å². The molecule has 2 heterocycles. The molecule has 0 aliphatic carbocycles. The number of nitrogens with zero attached hydrogens (tertiary/aromatic N) is 2. The highest BCUT2D eigenvalue weighted by atomic mass is 15.1. The van der Waals surface area contributed by atoms with Gasteiger partial charge in [-0.15, -0.1) is 0 Å². The molecule has 0 amide bonds. The number of fused-ring (bicyclic) bond motifs is 3. The SMILES string of the molecule is [2H]c1cc(C)cc(-n2c3ccccc3c3c(C)cc(C)c(C)c32)[n+]1C. The van der Waals surface area contributed by atoms with Crippen LogP contribution < -0.4 is 4.57 Å². The molecule has 0 N–H and O–H groups in total. The van der Waals surface area contributed by atoms with E-state index in [0.29, 0.717) is 6.17 Å². The number of para-hydroxylation sites is 1. The Labute approximate surface area is 144 Å². The van der Waals surface area contributed by atoms with Gasteiger partial charge in [-0.25, -0.2) is 4.57 Å². The minimum absolute atomic E-state index is 0.517. The van der Waals surface area contributed by atoms with E-state index in [2.05, 4.69) is 68.7 Å². The quantitative estimate of drug-likeness (QED) is 0.444. The molecule has 4 rings (SSSR count). The summed E-state index contributed by atoms with van der Waals surface area (Å²) in [6.07, 6.45) is 0.517. The first kappa shape index (κ1) is 13.8. The summed E-state index contributed by atoms with van der Waals surface area (Å²) in [7, 11) is 1.97. The predicted molar refractivity (Wildman–Crippen MR) is 101 cm³/mol. The number of pyridine rings is 1. The van der Waals surface area contributed by atoms with Crippen molar-refractivity contribution in [2.24, 2.45) is 7.05 Å². The molecule has 4 aromatic rings. The topological polar surface area (TPSA) is 8.81 Å². The Morgan fingerprint density at radius 2 is 1.71 bits per heavy atom. The monoisotopic (exact) mass is 316 g/mol. The number of hydrogen-bond acceptors (Lipinski definition) is 0. The third-order valence-electron chi connectivity index (χ3n) is 5.06. The number of benzene rings is 2. The van der Waals surface area contributed by atoms with Crippen LogP contribution in [0, 0.1) is 27.7 Å². The average molecular weight is 316 g/mol. The smallest absolute Gasteiger partial charge is 0.237 e. The Balaban J connectivity index is 2.32. The summed E-state index contributed by atoms with van der Waals surface area (Å²) in [5, 5.41) is 2.58. The van der Waals surface area contributed by atoms with Crippen molar-refractivity contribution in [3.05, 3.63) is 70.9 Å². The molecule has 24 heavy (non-hydrogen) atoms. The molecule has 0 fully saturated rings. The van der Waals surface area contributed by atoms with E-state index in [-0.39, 0.29) is 0 Å². The summed E-state index contributed by atoms with van der Waals surface area (Å²) in [6.45, 7) is 8.62. The second-order valence-electron chi connectivity index (χ2n) is 6.79. The second kappa shape index (κ2) is 5.20. The molecular weight excluding hydrogens is 292 g/mol. The molecule has 2 nitrogen and oxygen atoms in total. The second-order valence-corrected chi connectivity index (χ2v) is 6.79. The number of hydrogen-bond donors (Lipinski definition) is 0. The minimum atomic E-state index is 0.517. The number of rotatable bonds is 1. The summed E-state index contributed by atoms with van der Waals surface area (Å²) in [5.74, 6) is 1.03. The molecule has 0 unspecified atom stereocenters. The van der Waals surface area contributed by atoms with Crippen molar-refractivity contribution < 1.29 is 5.94 Å². The summed E-state index contributed by atoms with van der Waals surface area (Å²) in [6, 6.07) is 14.9.